The second-order valence-electron chi connectivity index (χ2n) is 5.58. The Balaban J connectivity index is 2.39. The molecule has 6 nitrogen and oxygen atoms in total. The van der Waals surface area contributed by atoms with Crippen LogP contribution in [0.1, 0.15) is 20.8 Å². The van der Waals surface area contributed by atoms with E-state index < -0.39 is 0 Å². The van der Waals surface area contributed by atoms with Crippen LogP contribution in [0.2, 0.25) is 0 Å². The molecule has 0 fully saturated rings. The van der Waals surface area contributed by atoms with Gasteiger partial charge in [-0.1, -0.05) is 0 Å². The molecule has 0 aliphatic rings. The van der Waals surface area contributed by atoms with Gasteiger partial charge in [-0.15, -0.1) is 0 Å². The van der Waals surface area contributed by atoms with Crippen molar-refractivity contribution in [2.75, 3.05) is 12.8 Å². The van der Waals surface area contributed by atoms with Gasteiger partial charge >= 0.3 is 5.56 Å². The Labute approximate surface area is 123 Å². The lowest BCUT2D eigenvalue weighted by Gasteiger charge is -2.22. The smallest absolute Gasteiger partial charge is 0.314 e. The van der Waals surface area contributed by atoms with Gasteiger partial charge in [-0.2, -0.15) is 0 Å². The summed E-state index contributed by atoms with van der Waals surface area (Å²) in [5.74, 6) is 0.976. The highest BCUT2D eigenvalue weighted by Crippen LogP contribution is 2.28. The molecule has 0 saturated heterocycles. The number of nitrogen functional groups attached to an aromatic ring is 1. The van der Waals surface area contributed by atoms with Crippen molar-refractivity contribution in [3.63, 3.8) is 0 Å². The van der Waals surface area contributed by atoms with Gasteiger partial charge in [-0.3, -0.25) is 4.79 Å². The molecule has 0 unspecified atom stereocenters. The van der Waals surface area contributed by atoms with Crippen molar-refractivity contribution in [1.29, 1.82) is 0 Å². The first-order valence-corrected chi connectivity index (χ1v) is 6.52. The fourth-order valence-corrected chi connectivity index (χ4v) is 1.84. The van der Waals surface area contributed by atoms with Gasteiger partial charge in [-0.05, 0) is 32.9 Å². The summed E-state index contributed by atoms with van der Waals surface area (Å²) in [6.45, 7) is 5.79. The predicted octanol–water partition coefficient (Wildman–Crippen LogP) is 2.38. The topological polar surface area (TPSA) is 79.4 Å². The summed E-state index contributed by atoms with van der Waals surface area (Å²) >= 11 is 0. The van der Waals surface area contributed by atoms with E-state index in [1.165, 1.54) is 6.20 Å². The van der Waals surface area contributed by atoms with Crippen LogP contribution in [0.3, 0.4) is 0 Å². The molecule has 2 rings (SSSR count). The molecule has 0 atom stereocenters. The van der Waals surface area contributed by atoms with Gasteiger partial charge in [0.15, 0.2) is 5.75 Å². The van der Waals surface area contributed by atoms with Crippen LogP contribution in [0.15, 0.2) is 35.4 Å². The third-order valence-electron chi connectivity index (χ3n) is 2.96. The fraction of sp³-hybridized carbons (Fsp3) is 0.333. The Kier molecular flexibility index (Phi) is 3.88. The Morgan fingerprint density at radius 3 is 2.57 bits per heavy atom. The molecule has 0 spiro atoms. The molecule has 21 heavy (non-hydrogen) atoms. The van der Waals surface area contributed by atoms with Crippen molar-refractivity contribution >= 4 is 5.69 Å². The number of ether oxygens (including phenoxy) is 2. The van der Waals surface area contributed by atoms with Crippen molar-refractivity contribution in [2.45, 2.75) is 26.3 Å². The van der Waals surface area contributed by atoms with Gasteiger partial charge in [0.2, 0.25) is 0 Å². The standard InChI is InChI=1S/C15H19N3O3/c1-15(2,3)18-8-7-17-13(14(18)19)21-12-6-5-10(20-4)9-11(12)16/h5-9H,16H2,1-4H3. The van der Waals surface area contributed by atoms with Crippen molar-refractivity contribution < 1.29 is 9.47 Å². The number of nitrogens with two attached hydrogens (primary N) is 1. The first-order chi connectivity index (χ1) is 9.82. The number of hydrogen-bond donors (Lipinski definition) is 1. The quantitative estimate of drug-likeness (QED) is 0.878. The van der Waals surface area contributed by atoms with Crippen LogP contribution in [0, 0.1) is 0 Å². The maximum absolute atomic E-state index is 12.4. The maximum Gasteiger partial charge on any atom is 0.314 e. The minimum Gasteiger partial charge on any atom is -0.497 e. The Hall–Kier alpha value is -2.50. The van der Waals surface area contributed by atoms with Gasteiger partial charge in [0, 0.05) is 24.0 Å². The number of aromatic nitrogens is 2. The Morgan fingerprint density at radius 1 is 1.29 bits per heavy atom. The Morgan fingerprint density at radius 2 is 2.00 bits per heavy atom. The third kappa shape index (κ3) is 3.16. The second kappa shape index (κ2) is 5.47. The number of hydrogen-bond acceptors (Lipinski definition) is 5. The van der Waals surface area contributed by atoms with Crippen molar-refractivity contribution in [3.05, 3.63) is 40.9 Å². The van der Waals surface area contributed by atoms with Crippen LogP contribution >= 0.6 is 0 Å². The molecule has 1 aromatic carbocycles. The molecule has 2 N–H and O–H groups in total. The van der Waals surface area contributed by atoms with Crippen molar-refractivity contribution in [1.82, 2.24) is 9.55 Å². The van der Waals surface area contributed by atoms with E-state index in [-0.39, 0.29) is 17.0 Å². The lowest BCUT2D eigenvalue weighted by Crippen LogP contribution is -2.34. The predicted molar refractivity (Wildman–Crippen MR) is 81.0 cm³/mol. The number of anilines is 1. The molecule has 0 aliphatic carbocycles. The first kappa shape index (κ1) is 14.9. The second-order valence-corrected chi connectivity index (χ2v) is 5.58. The molecule has 1 heterocycles. The van der Waals surface area contributed by atoms with E-state index in [0.717, 1.165) is 0 Å². The molecule has 6 heteroatoms. The van der Waals surface area contributed by atoms with Gasteiger partial charge in [0.25, 0.3) is 5.88 Å². The minimum atomic E-state index is -0.358. The van der Waals surface area contributed by atoms with Gasteiger partial charge in [0.05, 0.1) is 12.8 Å². The summed E-state index contributed by atoms with van der Waals surface area (Å²) in [6.07, 6.45) is 3.16. The van der Waals surface area contributed by atoms with Gasteiger partial charge in [0.1, 0.15) is 5.75 Å². The molecule has 0 bridgehead atoms. The minimum absolute atomic E-state index is 0.00991. The molecule has 0 aliphatic heterocycles. The van der Waals surface area contributed by atoms with Crippen LogP contribution in [0.4, 0.5) is 5.69 Å². The highest BCUT2D eigenvalue weighted by Gasteiger charge is 2.18. The zero-order valence-electron chi connectivity index (χ0n) is 12.6. The summed E-state index contributed by atoms with van der Waals surface area (Å²) in [5, 5.41) is 0. The van der Waals surface area contributed by atoms with Crippen LogP contribution in [-0.2, 0) is 5.54 Å². The number of nitrogens with zero attached hydrogens (tertiary/aromatic N) is 2. The summed E-state index contributed by atoms with van der Waals surface area (Å²) in [4.78, 5) is 16.4. The third-order valence-corrected chi connectivity index (χ3v) is 2.96. The van der Waals surface area contributed by atoms with E-state index in [9.17, 15) is 4.79 Å². The fourth-order valence-electron chi connectivity index (χ4n) is 1.84. The Bertz CT molecular complexity index is 702. The normalized spacial score (nSPS) is 11.2. The van der Waals surface area contributed by atoms with Crippen molar-refractivity contribution in [2.24, 2.45) is 0 Å². The molecule has 0 amide bonds. The van der Waals surface area contributed by atoms with Crippen LogP contribution in [0.25, 0.3) is 0 Å². The molecule has 0 saturated carbocycles. The molecular formula is C15H19N3O3. The first-order valence-electron chi connectivity index (χ1n) is 6.52. The summed E-state index contributed by atoms with van der Waals surface area (Å²) < 4.78 is 12.2. The monoisotopic (exact) mass is 289 g/mol. The zero-order valence-corrected chi connectivity index (χ0v) is 12.6. The lowest BCUT2D eigenvalue weighted by molar-refractivity contribution is 0.363. The average molecular weight is 289 g/mol. The van der Waals surface area contributed by atoms with Crippen molar-refractivity contribution in [3.8, 4) is 17.4 Å². The highest BCUT2D eigenvalue weighted by atomic mass is 16.5. The van der Waals surface area contributed by atoms with Gasteiger partial charge < -0.3 is 19.8 Å². The molecular weight excluding hydrogens is 270 g/mol. The molecule has 112 valence electrons. The molecule has 0 radical (unpaired) electrons. The van der Waals surface area contributed by atoms with Gasteiger partial charge in [-0.25, -0.2) is 4.98 Å². The number of rotatable bonds is 3. The maximum atomic E-state index is 12.4. The van der Waals surface area contributed by atoms with Crippen LogP contribution < -0.4 is 20.8 Å². The number of benzene rings is 1. The lowest BCUT2D eigenvalue weighted by atomic mass is 10.1. The SMILES string of the molecule is COc1ccc(Oc2nccn(C(C)(C)C)c2=O)c(N)c1. The van der Waals surface area contributed by atoms with E-state index in [1.54, 1.807) is 36.1 Å². The van der Waals surface area contributed by atoms with Crippen LogP contribution in [0.5, 0.6) is 17.4 Å². The van der Waals surface area contributed by atoms with E-state index in [2.05, 4.69) is 4.98 Å². The summed E-state index contributed by atoms with van der Waals surface area (Å²) in [6, 6.07) is 4.97. The largest absolute Gasteiger partial charge is 0.497 e. The average Bonchev–Trinajstić information content (AvgIpc) is 2.41. The molecule has 1 aromatic heterocycles. The van der Waals surface area contributed by atoms with E-state index in [4.69, 9.17) is 15.2 Å². The number of methoxy groups -OCH3 is 1. The van der Waals surface area contributed by atoms with E-state index >= 15 is 0 Å². The van der Waals surface area contributed by atoms with E-state index in [1.807, 2.05) is 20.8 Å². The molecule has 2 aromatic rings. The van der Waals surface area contributed by atoms with Crippen LogP contribution in [-0.4, -0.2) is 16.7 Å². The summed E-state index contributed by atoms with van der Waals surface area (Å²) in [5.41, 5.74) is 5.59. The highest BCUT2D eigenvalue weighted by molar-refractivity contribution is 5.57. The summed E-state index contributed by atoms with van der Waals surface area (Å²) in [7, 11) is 1.55. The zero-order chi connectivity index (χ0) is 15.6. The van der Waals surface area contributed by atoms with E-state index in [0.29, 0.717) is 17.2 Å².